The second-order valence-electron chi connectivity index (χ2n) is 9.64. The molecule has 2 fully saturated rings. The van der Waals surface area contributed by atoms with Gasteiger partial charge in [0.2, 0.25) is 17.7 Å². The van der Waals surface area contributed by atoms with Crippen molar-refractivity contribution in [1.29, 1.82) is 0 Å². The maximum absolute atomic E-state index is 13.2. The molecule has 3 aliphatic rings. The molecule has 36 heavy (non-hydrogen) atoms. The van der Waals surface area contributed by atoms with E-state index in [1.807, 2.05) is 24.3 Å². The second kappa shape index (κ2) is 9.16. The number of rotatable bonds is 7. The highest BCUT2D eigenvalue weighted by Gasteiger charge is 2.59. The molecule has 2 aliphatic carbocycles. The number of hydrogen-bond donors (Lipinski definition) is 1. The van der Waals surface area contributed by atoms with Gasteiger partial charge in [0.05, 0.1) is 33.5 Å². The molecule has 1 saturated carbocycles. The van der Waals surface area contributed by atoms with Gasteiger partial charge in [0.15, 0.2) is 4.34 Å². The summed E-state index contributed by atoms with van der Waals surface area (Å²) in [5.74, 6) is 0.0302. The Bertz CT molecular complexity index is 1380. The summed E-state index contributed by atoms with van der Waals surface area (Å²) in [7, 11) is 0. The highest BCUT2D eigenvalue weighted by atomic mass is 32.2. The third-order valence-corrected chi connectivity index (χ3v) is 9.83. The van der Waals surface area contributed by atoms with Crippen molar-refractivity contribution in [2.24, 2.45) is 23.7 Å². The third kappa shape index (κ3) is 3.78. The van der Waals surface area contributed by atoms with Crippen molar-refractivity contribution in [1.82, 2.24) is 4.98 Å². The maximum Gasteiger partial charge on any atom is 0.238 e. The van der Waals surface area contributed by atoms with Gasteiger partial charge in [-0.1, -0.05) is 56.0 Å². The van der Waals surface area contributed by atoms with Crippen LogP contribution < -0.4 is 10.2 Å². The molecule has 1 aromatic heterocycles. The molecule has 1 aliphatic heterocycles. The minimum Gasteiger partial charge on any atom is -0.325 e. The lowest BCUT2D eigenvalue weighted by molar-refractivity contribution is -0.123. The van der Waals surface area contributed by atoms with Gasteiger partial charge < -0.3 is 5.32 Å². The van der Waals surface area contributed by atoms with Crippen LogP contribution in [0.4, 0.5) is 11.4 Å². The van der Waals surface area contributed by atoms with Crippen LogP contribution in [0.1, 0.15) is 31.4 Å². The Morgan fingerprint density at radius 1 is 1.06 bits per heavy atom. The van der Waals surface area contributed by atoms with E-state index in [4.69, 9.17) is 0 Å². The first kappa shape index (κ1) is 23.4. The van der Waals surface area contributed by atoms with E-state index in [0.717, 1.165) is 50.6 Å². The van der Waals surface area contributed by atoms with Gasteiger partial charge in [0.25, 0.3) is 0 Å². The van der Waals surface area contributed by atoms with Crippen LogP contribution in [-0.2, 0) is 27.2 Å². The predicted molar refractivity (Wildman–Crippen MR) is 144 cm³/mol. The number of nitrogens with zero attached hydrogens (tertiary/aromatic N) is 2. The van der Waals surface area contributed by atoms with Crippen molar-refractivity contribution >= 4 is 62.4 Å². The van der Waals surface area contributed by atoms with E-state index in [0.29, 0.717) is 5.69 Å². The average molecular weight is 518 g/mol. The number of thiazole rings is 1. The van der Waals surface area contributed by atoms with Crippen molar-refractivity contribution < 1.29 is 14.4 Å². The van der Waals surface area contributed by atoms with Gasteiger partial charge in [-0.25, -0.2) is 9.88 Å². The molecule has 184 valence electrons. The molecular weight excluding hydrogens is 490 g/mol. The normalized spacial score (nSPS) is 24.2. The van der Waals surface area contributed by atoms with Crippen LogP contribution in [0.15, 0.2) is 52.9 Å². The van der Waals surface area contributed by atoms with Crippen LogP contribution in [0.2, 0.25) is 0 Å². The minimum absolute atomic E-state index is 0.0569. The Morgan fingerprint density at radius 3 is 2.36 bits per heavy atom. The SMILES string of the molecule is CCc1cccc(CC)c1NC(=O)CSc1nc2ccc(N3C(=O)[C@@H]4[C@@H](C3=O)[C@H]3C=C[C@@H]4C3)cc2s1. The van der Waals surface area contributed by atoms with Crippen LogP contribution in [0.5, 0.6) is 0 Å². The van der Waals surface area contributed by atoms with Gasteiger partial charge in [-0.2, -0.15) is 0 Å². The van der Waals surface area contributed by atoms with Crippen LogP contribution in [0.3, 0.4) is 0 Å². The minimum atomic E-state index is -0.208. The Labute approximate surface area is 218 Å². The van der Waals surface area contributed by atoms with Crippen molar-refractivity contribution in [3.63, 3.8) is 0 Å². The number of allylic oxidation sites excluding steroid dienone is 2. The summed E-state index contributed by atoms with van der Waals surface area (Å²) in [5.41, 5.74) is 4.62. The zero-order chi connectivity index (χ0) is 25.0. The van der Waals surface area contributed by atoms with Crippen LogP contribution in [-0.4, -0.2) is 28.5 Å². The molecule has 6 rings (SSSR count). The van der Waals surface area contributed by atoms with E-state index >= 15 is 0 Å². The number of amides is 3. The summed E-state index contributed by atoms with van der Waals surface area (Å²) < 4.78 is 1.69. The van der Waals surface area contributed by atoms with E-state index < -0.39 is 0 Å². The molecule has 3 amide bonds. The van der Waals surface area contributed by atoms with Gasteiger partial charge in [0, 0.05) is 5.69 Å². The fraction of sp³-hybridized carbons (Fsp3) is 0.357. The quantitative estimate of drug-likeness (QED) is 0.256. The zero-order valence-electron chi connectivity index (χ0n) is 20.2. The Kier molecular flexibility index (Phi) is 5.96. The zero-order valence-corrected chi connectivity index (χ0v) is 21.8. The second-order valence-corrected chi connectivity index (χ2v) is 11.9. The molecule has 3 aromatic rings. The molecule has 2 bridgehead atoms. The lowest BCUT2D eigenvalue weighted by atomic mass is 9.85. The smallest absolute Gasteiger partial charge is 0.238 e. The number of para-hydroxylation sites is 1. The van der Waals surface area contributed by atoms with E-state index in [2.05, 4.69) is 48.4 Å². The molecule has 0 unspecified atom stereocenters. The molecule has 4 atom stereocenters. The van der Waals surface area contributed by atoms with Crippen molar-refractivity contribution in [3.05, 3.63) is 59.7 Å². The molecule has 8 heteroatoms. The van der Waals surface area contributed by atoms with E-state index in [-0.39, 0.29) is 47.1 Å². The average Bonchev–Trinajstić information content (AvgIpc) is 3.65. The first-order valence-electron chi connectivity index (χ1n) is 12.5. The van der Waals surface area contributed by atoms with E-state index in [9.17, 15) is 14.4 Å². The first-order chi connectivity index (χ1) is 17.5. The van der Waals surface area contributed by atoms with Crippen LogP contribution in [0.25, 0.3) is 10.2 Å². The largest absolute Gasteiger partial charge is 0.325 e. The Hall–Kier alpha value is -2.97. The Balaban J connectivity index is 1.16. The molecule has 0 spiro atoms. The fourth-order valence-electron chi connectivity index (χ4n) is 5.96. The topological polar surface area (TPSA) is 79.4 Å². The summed E-state index contributed by atoms with van der Waals surface area (Å²) >= 11 is 2.88. The molecule has 1 saturated heterocycles. The number of benzene rings is 2. The third-order valence-electron chi connectivity index (χ3n) is 7.67. The summed E-state index contributed by atoms with van der Waals surface area (Å²) in [6.45, 7) is 4.18. The fourth-order valence-corrected chi connectivity index (χ4v) is 7.86. The lowest BCUT2D eigenvalue weighted by Gasteiger charge is -2.17. The number of anilines is 2. The van der Waals surface area contributed by atoms with E-state index in [1.165, 1.54) is 28.0 Å². The van der Waals surface area contributed by atoms with Crippen molar-refractivity contribution in [3.8, 4) is 0 Å². The molecule has 1 N–H and O–H groups in total. The number of thioether (sulfide) groups is 1. The van der Waals surface area contributed by atoms with Gasteiger partial charge in [-0.05, 0) is 60.4 Å². The highest BCUT2D eigenvalue weighted by Crippen LogP contribution is 2.53. The monoisotopic (exact) mass is 517 g/mol. The summed E-state index contributed by atoms with van der Waals surface area (Å²) in [6.07, 6.45) is 6.86. The van der Waals surface area contributed by atoms with Gasteiger partial charge in [-0.15, -0.1) is 11.3 Å². The number of aryl methyl sites for hydroxylation is 2. The van der Waals surface area contributed by atoms with Crippen molar-refractivity contribution in [2.75, 3.05) is 16.0 Å². The number of aromatic nitrogens is 1. The van der Waals surface area contributed by atoms with Crippen LogP contribution >= 0.6 is 23.1 Å². The number of imide groups is 1. The predicted octanol–water partition coefficient (Wildman–Crippen LogP) is 5.46. The van der Waals surface area contributed by atoms with Crippen molar-refractivity contribution in [2.45, 2.75) is 37.4 Å². The van der Waals surface area contributed by atoms with Gasteiger partial charge in [0.1, 0.15) is 0 Å². The first-order valence-corrected chi connectivity index (χ1v) is 14.3. The van der Waals surface area contributed by atoms with Gasteiger partial charge >= 0.3 is 0 Å². The number of hydrogen-bond acceptors (Lipinski definition) is 6. The standard InChI is InChI=1S/C28H27N3O3S2/c1-3-15-6-5-7-16(4-2)25(15)30-22(32)14-35-28-29-20-11-10-19(13-21(20)36-28)31-26(33)23-17-8-9-18(12-17)24(23)27(31)34/h5-11,13,17-18,23-24H,3-4,12,14H2,1-2H3,(H,30,32)/t17-,18+,23-,24-/m0/s1. The highest BCUT2D eigenvalue weighted by molar-refractivity contribution is 8.01. The Morgan fingerprint density at radius 2 is 1.72 bits per heavy atom. The molecular formula is C28H27N3O3S2. The van der Waals surface area contributed by atoms with E-state index in [1.54, 1.807) is 0 Å². The van der Waals surface area contributed by atoms with Crippen LogP contribution in [0, 0.1) is 23.7 Å². The molecule has 2 aromatic carbocycles. The summed E-state index contributed by atoms with van der Waals surface area (Å²) in [6, 6.07) is 11.7. The maximum atomic E-state index is 13.2. The summed E-state index contributed by atoms with van der Waals surface area (Å²) in [4.78, 5) is 45.1. The number of carbonyl (C=O) groups is 3. The molecule has 2 heterocycles. The summed E-state index contributed by atoms with van der Waals surface area (Å²) in [5, 5.41) is 3.10. The molecule has 6 nitrogen and oxygen atoms in total. The lowest BCUT2D eigenvalue weighted by Crippen LogP contribution is -2.32. The number of nitrogens with one attached hydrogen (secondary N) is 1. The number of fused-ring (bicyclic) bond motifs is 6. The number of carbonyl (C=O) groups excluding carboxylic acids is 3. The molecule has 0 radical (unpaired) electrons. The van der Waals surface area contributed by atoms with Gasteiger partial charge in [-0.3, -0.25) is 14.4 Å².